The second kappa shape index (κ2) is 4.70. The van der Waals surface area contributed by atoms with Crippen LogP contribution in [0.4, 0.5) is 0 Å². The van der Waals surface area contributed by atoms with Gasteiger partial charge in [0.25, 0.3) is 0 Å². The molecule has 3 aliphatic rings. The van der Waals surface area contributed by atoms with E-state index in [1.807, 2.05) is 19.1 Å². The van der Waals surface area contributed by atoms with Gasteiger partial charge in [0.1, 0.15) is 0 Å². The van der Waals surface area contributed by atoms with E-state index in [1.54, 1.807) is 7.11 Å². The summed E-state index contributed by atoms with van der Waals surface area (Å²) in [6.07, 6.45) is 1.03. The second-order valence-electron chi connectivity index (χ2n) is 6.46. The molecule has 5 nitrogen and oxygen atoms in total. The number of likely N-dealkylation sites (N-methyl/N-ethyl adjacent to an activating group) is 1. The zero-order valence-electron chi connectivity index (χ0n) is 12.9. The number of hydrogen-bond acceptors (Lipinski definition) is 5. The number of aliphatic hydroxyl groups is 1. The highest BCUT2D eigenvalue weighted by atomic mass is 16.5. The minimum absolute atomic E-state index is 0.0476. The molecular formula is C17H21NO4. The summed E-state index contributed by atoms with van der Waals surface area (Å²) in [6, 6.07) is 3.88. The lowest BCUT2D eigenvalue weighted by Crippen LogP contribution is -2.63. The number of carbonyl (C=O) groups excluding carboxylic acids is 1. The molecule has 1 aromatic carbocycles. The van der Waals surface area contributed by atoms with Crippen LogP contribution in [0.15, 0.2) is 12.1 Å². The number of hydrogen-bond donors (Lipinski definition) is 2. The fourth-order valence-electron chi connectivity index (χ4n) is 4.44. The Morgan fingerprint density at radius 2 is 2.32 bits per heavy atom. The van der Waals surface area contributed by atoms with Gasteiger partial charge in [-0.2, -0.15) is 0 Å². The van der Waals surface area contributed by atoms with Gasteiger partial charge in [0, 0.05) is 18.0 Å². The lowest BCUT2D eigenvalue weighted by Gasteiger charge is -2.48. The molecule has 0 spiro atoms. The Morgan fingerprint density at radius 1 is 1.50 bits per heavy atom. The highest BCUT2D eigenvalue weighted by Crippen LogP contribution is 2.57. The van der Waals surface area contributed by atoms with Crippen LogP contribution in [0.5, 0.6) is 11.5 Å². The van der Waals surface area contributed by atoms with Crippen LogP contribution in [0.3, 0.4) is 0 Å². The van der Waals surface area contributed by atoms with Crippen molar-refractivity contribution in [1.82, 2.24) is 5.32 Å². The Morgan fingerprint density at radius 3 is 3.05 bits per heavy atom. The first-order valence-corrected chi connectivity index (χ1v) is 7.95. The van der Waals surface area contributed by atoms with Crippen molar-refractivity contribution in [3.8, 4) is 11.5 Å². The summed E-state index contributed by atoms with van der Waals surface area (Å²) in [5.74, 6) is 1.09. The number of benzene rings is 1. The molecule has 22 heavy (non-hydrogen) atoms. The van der Waals surface area contributed by atoms with Crippen LogP contribution in [-0.2, 0) is 11.2 Å². The lowest BCUT2D eigenvalue weighted by molar-refractivity contribution is -0.141. The van der Waals surface area contributed by atoms with Crippen molar-refractivity contribution in [2.75, 3.05) is 13.7 Å². The Kier molecular flexibility index (Phi) is 3.00. The van der Waals surface area contributed by atoms with Crippen LogP contribution >= 0.6 is 0 Å². The van der Waals surface area contributed by atoms with Gasteiger partial charge in [0.05, 0.1) is 18.6 Å². The van der Waals surface area contributed by atoms with Crippen molar-refractivity contribution in [2.24, 2.45) is 0 Å². The van der Waals surface area contributed by atoms with Crippen molar-refractivity contribution in [2.45, 2.75) is 49.9 Å². The molecule has 0 bridgehead atoms. The van der Waals surface area contributed by atoms with E-state index >= 15 is 0 Å². The number of rotatable bonds is 3. The van der Waals surface area contributed by atoms with Gasteiger partial charge in [0.15, 0.2) is 23.4 Å². The lowest BCUT2D eigenvalue weighted by atomic mass is 9.62. The van der Waals surface area contributed by atoms with Gasteiger partial charge >= 0.3 is 0 Å². The zero-order chi connectivity index (χ0) is 15.5. The molecule has 1 aromatic rings. The van der Waals surface area contributed by atoms with Gasteiger partial charge in [-0.25, -0.2) is 0 Å². The molecule has 4 atom stereocenters. The molecule has 1 aliphatic heterocycles. The number of ether oxygens (including phenoxy) is 2. The van der Waals surface area contributed by atoms with Gasteiger partial charge < -0.3 is 19.9 Å². The van der Waals surface area contributed by atoms with Gasteiger partial charge in [-0.3, -0.25) is 4.79 Å². The van der Waals surface area contributed by atoms with E-state index in [1.165, 1.54) is 0 Å². The average Bonchev–Trinajstić information content (AvgIpc) is 2.93. The molecule has 5 heteroatoms. The Balaban J connectivity index is 1.91. The molecular weight excluding hydrogens is 282 g/mol. The normalized spacial score (nSPS) is 35.0. The molecule has 1 saturated carbocycles. The molecule has 0 saturated heterocycles. The van der Waals surface area contributed by atoms with Crippen molar-refractivity contribution < 1.29 is 19.4 Å². The van der Waals surface area contributed by atoms with E-state index in [2.05, 4.69) is 5.32 Å². The van der Waals surface area contributed by atoms with Crippen LogP contribution < -0.4 is 14.8 Å². The highest BCUT2D eigenvalue weighted by Gasteiger charge is 2.60. The first-order chi connectivity index (χ1) is 10.6. The zero-order valence-corrected chi connectivity index (χ0v) is 12.9. The average molecular weight is 303 g/mol. The molecule has 2 aliphatic carbocycles. The van der Waals surface area contributed by atoms with Gasteiger partial charge in [0.2, 0.25) is 0 Å². The summed E-state index contributed by atoms with van der Waals surface area (Å²) in [5, 5.41) is 14.8. The number of Topliss-reactive ketones (excluding diaryl/α,β-unsaturated/α-hetero) is 1. The summed E-state index contributed by atoms with van der Waals surface area (Å²) in [6.45, 7) is 2.83. The number of nitrogens with one attached hydrogen (secondary N) is 1. The van der Waals surface area contributed by atoms with Crippen LogP contribution in [0, 0.1) is 0 Å². The Hall–Kier alpha value is -1.59. The summed E-state index contributed by atoms with van der Waals surface area (Å²) < 4.78 is 11.4. The van der Waals surface area contributed by atoms with Gasteiger partial charge in [-0.15, -0.1) is 0 Å². The largest absolute Gasteiger partial charge is 0.493 e. The number of methoxy groups -OCH3 is 1. The summed E-state index contributed by atoms with van der Waals surface area (Å²) in [5.41, 5.74) is 1.20. The monoisotopic (exact) mass is 303 g/mol. The van der Waals surface area contributed by atoms with E-state index in [0.717, 1.165) is 24.1 Å². The van der Waals surface area contributed by atoms with E-state index in [-0.39, 0.29) is 17.7 Å². The minimum atomic E-state index is -0.931. The maximum Gasteiger partial charge on any atom is 0.174 e. The quantitative estimate of drug-likeness (QED) is 0.877. The van der Waals surface area contributed by atoms with Crippen molar-refractivity contribution in [3.63, 3.8) is 0 Å². The molecule has 0 radical (unpaired) electrons. The van der Waals surface area contributed by atoms with E-state index in [9.17, 15) is 9.90 Å². The third kappa shape index (κ3) is 1.64. The predicted octanol–water partition coefficient (Wildman–Crippen LogP) is 1.17. The first kappa shape index (κ1) is 14.0. The second-order valence-corrected chi connectivity index (χ2v) is 6.46. The third-order valence-corrected chi connectivity index (χ3v) is 5.43. The molecule has 2 N–H and O–H groups in total. The van der Waals surface area contributed by atoms with Crippen LogP contribution in [0.25, 0.3) is 0 Å². The van der Waals surface area contributed by atoms with Crippen LogP contribution in [-0.4, -0.2) is 42.3 Å². The van der Waals surface area contributed by atoms with Gasteiger partial charge in [-0.05, 0) is 31.0 Å². The van der Waals surface area contributed by atoms with E-state index in [0.29, 0.717) is 24.3 Å². The predicted molar refractivity (Wildman–Crippen MR) is 80.5 cm³/mol. The number of ketones is 1. The van der Waals surface area contributed by atoms with Crippen LogP contribution in [0.2, 0.25) is 0 Å². The number of carbonyl (C=O) groups is 1. The fraction of sp³-hybridized carbons (Fsp3) is 0.588. The van der Waals surface area contributed by atoms with Crippen LogP contribution in [0.1, 0.15) is 36.8 Å². The SMILES string of the molecule is CCNC1Cc2ccc(OC)c3c2C2[C@@H](O3)C(=O)CC[C@@]12O. The summed E-state index contributed by atoms with van der Waals surface area (Å²) in [4.78, 5) is 12.3. The molecule has 4 rings (SSSR count). The summed E-state index contributed by atoms with van der Waals surface area (Å²) in [7, 11) is 1.60. The molecule has 0 aromatic heterocycles. The van der Waals surface area contributed by atoms with E-state index < -0.39 is 11.7 Å². The Labute approximate surface area is 129 Å². The molecule has 1 heterocycles. The highest BCUT2D eigenvalue weighted by molar-refractivity contribution is 5.88. The van der Waals surface area contributed by atoms with Crippen molar-refractivity contribution >= 4 is 5.78 Å². The first-order valence-electron chi connectivity index (χ1n) is 7.95. The maximum atomic E-state index is 12.3. The Bertz CT molecular complexity index is 644. The third-order valence-electron chi connectivity index (χ3n) is 5.43. The fourth-order valence-corrected chi connectivity index (χ4v) is 4.44. The minimum Gasteiger partial charge on any atom is -0.493 e. The molecule has 0 amide bonds. The molecule has 118 valence electrons. The molecule has 2 unspecified atom stereocenters. The maximum absolute atomic E-state index is 12.3. The van der Waals surface area contributed by atoms with Crippen molar-refractivity contribution in [3.05, 3.63) is 23.3 Å². The van der Waals surface area contributed by atoms with E-state index in [4.69, 9.17) is 9.47 Å². The standard InChI is InChI=1S/C17H21NO4/c1-3-18-12-8-9-4-5-11(21-2)16-13(9)14-15(22-16)10(19)6-7-17(12,14)20/h4-5,12,14-15,18,20H,3,6-8H2,1-2H3/t12?,14?,15-,17+/m0/s1. The molecule has 1 fully saturated rings. The summed E-state index contributed by atoms with van der Waals surface area (Å²) >= 11 is 0. The topological polar surface area (TPSA) is 67.8 Å². The van der Waals surface area contributed by atoms with Gasteiger partial charge in [-0.1, -0.05) is 13.0 Å². The smallest absolute Gasteiger partial charge is 0.174 e. The van der Waals surface area contributed by atoms with Crippen molar-refractivity contribution in [1.29, 1.82) is 0 Å².